The van der Waals surface area contributed by atoms with Crippen LogP contribution in [0.15, 0.2) is 34.3 Å². The number of nitrogens with one attached hydrogen (secondary N) is 1. The van der Waals surface area contributed by atoms with Gasteiger partial charge < -0.3 is 10.4 Å². The highest BCUT2D eigenvalue weighted by Gasteiger charge is 2.05. The Morgan fingerprint density at radius 1 is 1.50 bits per heavy atom. The molecular formula is C12H14BrNO2. The maximum absolute atomic E-state index is 10.7. The number of anilines is 1. The largest absolute Gasteiger partial charge is 0.478 e. The van der Waals surface area contributed by atoms with Gasteiger partial charge in [-0.25, -0.2) is 4.79 Å². The van der Waals surface area contributed by atoms with Crippen molar-refractivity contribution in [2.45, 2.75) is 13.8 Å². The Bertz CT molecular complexity index is 423. The second-order valence-electron chi connectivity index (χ2n) is 3.66. The van der Waals surface area contributed by atoms with Crippen molar-refractivity contribution in [3.63, 3.8) is 0 Å². The first-order valence-electron chi connectivity index (χ1n) is 4.91. The summed E-state index contributed by atoms with van der Waals surface area (Å²) in [6, 6.07) is 4.93. The molecule has 3 nitrogen and oxygen atoms in total. The molecule has 0 amide bonds. The summed E-state index contributed by atoms with van der Waals surface area (Å²) < 4.78 is 0.759. The molecule has 0 unspecified atom stereocenters. The summed E-state index contributed by atoms with van der Waals surface area (Å²) >= 11 is 3.34. The van der Waals surface area contributed by atoms with Crippen molar-refractivity contribution in [3.05, 3.63) is 39.9 Å². The zero-order valence-electron chi connectivity index (χ0n) is 9.25. The average molecular weight is 284 g/mol. The Morgan fingerprint density at radius 2 is 2.19 bits per heavy atom. The van der Waals surface area contributed by atoms with Crippen LogP contribution >= 0.6 is 15.9 Å². The Labute approximate surface area is 103 Å². The summed E-state index contributed by atoms with van der Waals surface area (Å²) in [5.74, 6) is -0.920. The van der Waals surface area contributed by atoms with Crippen molar-refractivity contribution < 1.29 is 9.90 Å². The molecule has 16 heavy (non-hydrogen) atoms. The first kappa shape index (κ1) is 12.8. The zero-order chi connectivity index (χ0) is 12.1. The predicted molar refractivity (Wildman–Crippen MR) is 69.0 cm³/mol. The van der Waals surface area contributed by atoms with E-state index in [0.717, 1.165) is 16.7 Å². The molecule has 1 aromatic carbocycles. The first-order valence-corrected chi connectivity index (χ1v) is 5.70. The van der Waals surface area contributed by atoms with Crippen molar-refractivity contribution >= 4 is 27.6 Å². The lowest BCUT2D eigenvalue weighted by Gasteiger charge is -2.07. The highest BCUT2D eigenvalue weighted by Crippen LogP contribution is 2.23. The van der Waals surface area contributed by atoms with E-state index in [-0.39, 0.29) is 5.56 Å². The molecule has 0 aromatic heterocycles. The predicted octanol–water partition coefficient (Wildman–Crippen LogP) is 3.53. The maximum atomic E-state index is 10.7. The van der Waals surface area contributed by atoms with Gasteiger partial charge in [-0.1, -0.05) is 11.6 Å². The average Bonchev–Trinajstić information content (AvgIpc) is 2.19. The van der Waals surface area contributed by atoms with Crippen LogP contribution in [0.2, 0.25) is 0 Å². The van der Waals surface area contributed by atoms with Crippen LogP contribution in [-0.2, 0) is 0 Å². The number of carbonyl (C=O) groups is 1. The quantitative estimate of drug-likeness (QED) is 0.832. The number of benzene rings is 1. The van der Waals surface area contributed by atoms with Crippen LogP contribution in [0.3, 0.4) is 0 Å². The van der Waals surface area contributed by atoms with Gasteiger partial charge in [0.2, 0.25) is 0 Å². The molecule has 86 valence electrons. The normalized spacial score (nSPS) is 9.69. The molecule has 0 saturated heterocycles. The van der Waals surface area contributed by atoms with Crippen molar-refractivity contribution in [1.29, 1.82) is 0 Å². The van der Waals surface area contributed by atoms with Crippen LogP contribution in [0, 0.1) is 0 Å². The number of halogens is 1. The molecule has 0 heterocycles. The Hall–Kier alpha value is -1.29. The van der Waals surface area contributed by atoms with E-state index >= 15 is 0 Å². The van der Waals surface area contributed by atoms with Gasteiger partial charge in [0.25, 0.3) is 0 Å². The van der Waals surface area contributed by atoms with Gasteiger partial charge in [0.1, 0.15) is 0 Å². The van der Waals surface area contributed by atoms with Gasteiger partial charge in [-0.3, -0.25) is 0 Å². The molecule has 0 radical (unpaired) electrons. The smallest absolute Gasteiger partial charge is 0.335 e. The lowest BCUT2D eigenvalue weighted by atomic mass is 10.2. The molecule has 1 rings (SSSR count). The Morgan fingerprint density at radius 3 is 2.69 bits per heavy atom. The monoisotopic (exact) mass is 283 g/mol. The maximum Gasteiger partial charge on any atom is 0.335 e. The molecule has 0 spiro atoms. The molecule has 0 atom stereocenters. The lowest BCUT2D eigenvalue weighted by Crippen LogP contribution is -2.01. The van der Waals surface area contributed by atoms with Gasteiger partial charge in [0.05, 0.1) is 5.56 Å². The third kappa shape index (κ3) is 3.70. The third-order valence-electron chi connectivity index (χ3n) is 2.02. The number of aromatic carboxylic acids is 1. The number of hydrogen-bond donors (Lipinski definition) is 2. The van der Waals surface area contributed by atoms with E-state index < -0.39 is 5.97 Å². The molecule has 0 aliphatic heterocycles. The molecular weight excluding hydrogens is 270 g/mol. The molecule has 0 fully saturated rings. The summed E-state index contributed by atoms with van der Waals surface area (Å²) in [7, 11) is 0. The number of rotatable bonds is 4. The summed E-state index contributed by atoms with van der Waals surface area (Å²) in [5, 5.41) is 12.0. The third-order valence-corrected chi connectivity index (χ3v) is 2.67. The molecule has 0 aliphatic carbocycles. The van der Waals surface area contributed by atoms with Gasteiger partial charge >= 0.3 is 5.97 Å². The van der Waals surface area contributed by atoms with E-state index in [0.29, 0.717) is 0 Å². The number of allylic oxidation sites excluding steroid dienone is 1. The number of carboxylic acids is 1. The standard InChI is InChI=1S/C12H14BrNO2/c1-8(2)5-6-14-11-4-3-9(12(15)16)7-10(11)13/h3-5,7,14H,6H2,1-2H3,(H,15,16). The molecule has 2 N–H and O–H groups in total. The van der Waals surface area contributed by atoms with Crippen LogP contribution in [0.5, 0.6) is 0 Å². The second kappa shape index (κ2) is 5.70. The van der Waals surface area contributed by atoms with Gasteiger partial charge in [0, 0.05) is 16.7 Å². The van der Waals surface area contributed by atoms with Crippen LogP contribution in [0.1, 0.15) is 24.2 Å². The van der Waals surface area contributed by atoms with Crippen LogP contribution in [0.25, 0.3) is 0 Å². The Balaban J connectivity index is 2.75. The minimum absolute atomic E-state index is 0.277. The van der Waals surface area contributed by atoms with Crippen LogP contribution in [-0.4, -0.2) is 17.6 Å². The van der Waals surface area contributed by atoms with Crippen LogP contribution < -0.4 is 5.32 Å². The highest BCUT2D eigenvalue weighted by molar-refractivity contribution is 9.10. The fourth-order valence-corrected chi connectivity index (χ4v) is 1.68. The molecule has 0 aliphatic rings. The van der Waals surface area contributed by atoms with Crippen molar-refractivity contribution in [3.8, 4) is 0 Å². The fourth-order valence-electron chi connectivity index (χ4n) is 1.16. The fraction of sp³-hybridized carbons (Fsp3) is 0.250. The van der Waals surface area contributed by atoms with Crippen molar-refractivity contribution in [2.75, 3.05) is 11.9 Å². The first-order chi connectivity index (χ1) is 7.50. The van der Waals surface area contributed by atoms with E-state index in [1.807, 2.05) is 13.8 Å². The van der Waals surface area contributed by atoms with E-state index in [1.165, 1.54) is 5.57 Å². The van der Waals surface area contributed by atoms with E-state index in [1.54, 1.807) is 18.2 Å². The molecule has 0 bridgehead atoms. The summed E-state index contributed by atoms with van der Waals surface area (Å²) in [6.45, 7) is 4.79. The molecule has 1 aromatic rings. The zero-order valence-corrected chi connectivity index (χ0v) is 10.8. The highest BCUT2D eigenvalue weighted by atomic mass is 79.9. The summed E-state index contributed by atoms with van der Waals surface area (Å²) in [6.07, 6.45) is 2.07. The number of hydrogen-bond acceptors (Lipinski definition) is 2. The lowest BCUT2D eigenvalue weighted by molar-refractivity contribution is 0.0697. The van der Waals surface area contributed by atoms with E-state index in [9.17, 15) is 4.79 Å². The van der Waals surface area contributed by atoms with Crippen molar-refractivity contribution in [1.82, 2.24) is 0 Å². The van der Waals surface area contributed by atoms with Gasteiger partial charge in [-0.15, -0.1) is 0 Å². The van der Waals surface area contributed by atoms with Crippen molar-refractivity contribution in [2.24, 2.45) is 0 Å². The van der Waals surface area contributed by atoms with E-state index in [4.69, 9.17) is 5.11 Å². The SMILES string of the molecule is CC(C)=CCNc1ccc(C(=O)O)cc1Br. The Kier molecular flexibility index (Phi) is 4.55. The summed E-state index contributed by atoms with van der Waals surface area (Å²) in [4.78, 5) is 10.7. The van der Waals surface area contributed by atoms with Gasteiger partial charge in [-0.2, -0.15) is 0 Å². The minimum Gasteiger partial charge on any atom is -0.478 e. The van der Waals surface area contributed by atoms with E-state index in [2.05, 4.69) is 27.3 Å². The molecule has 0 saturated carbocycles. The minimum atomic E-state index is -0.920. The van der Waals surface area contributed by atoms with Gasteiger partial charge in [-0.05, 0) is 48.0 Å². The molecule has 4 heteroatoms. The number of carboxylic acid groups (broad SMARTS) is 1. The van der Waals surface area contributed by atoms with Gasteiger partial charge in [0.15, 0.2) is 0 Å². The summed E-state index contributed by atoms with van der Waals surface area (Å²) in [5.41, 5.74) is 2.41. The van der Waals surface area contributed by atoms with Crippen LogP contribution in [0.4, 0.5) is 5.69 Å². The second-order valence-corrected chi connectivity index (χ2v) is 4.52. The topological polar surface area (TPSA) is 49.3 Å².